The van der Waals surface area contributed by atoms with E-state index in [1.54, 1.807) is 0 Å². The van der Waals surface area contributed by atoms with Gasteiger partial charge in [-0.2, -0.15) is 0 Å². The standard InChI is InChI=1S/C18H32N2O/c1-5-10-19-18-9-6-14(2)11-16(18)12-20(4)13-17-8-7-15(3)21-17/h7-8,14,16,18-19H,5-6,9-13H2,1-4H3. The van der Waals surface area contributed by atoms with Gasteiger partial charge in [-0.25, -0.2) is 0 Å². The van der Waals surface area contributed by atoms with Crippen LogP contribution in [0.5, 0.6) is 0 Å². The van der Waals surface area contributed by atoms with E-state index in [2.05, 4.69) is 43.2 Å². The minimum atomic E-state index is 0.696. The molecule has 3 unspecified atom stereocenters. The first-order valence-electron chi connectivity index (χ1n) is 8.55. The van der Waals surface area contributed by atoms with Crippen molar-refractivity contribution in [2.24, 2.45) is 11.8 Å². The topological polar surface area (TPSA) is 28.4 Å². The predicted molar refractivity (Wildman–Crippen MR) is 88.4 cm³/mol. The first-order chi connectivity index (χ1) is 10.1. The summed E-state index contributed by atoms with van der Waals surface area (Å²) in [5.41, 5.74) is 0. The van der Waals surface area contributed by atoms with Gasteiger partial charge in [0.05, 0.1) is 6.54 Å². The molecule has 1 saturated carbocycles. The van der Waals surface area contributed by atoms with Gasteiger partial charge in [0.25, 0.3) is 0 Å². The Labute approximate surface area is 130 Å². The van der Waals surface area contributed by atoms with E-state index >= 15 is 0 Å². The monoisotopic (exact) mass is 292 g/mol. The maximum atomic E-state index is 5.70. The highest BCUT2D eigenvalue weighted by atomic mass is 16.3. The molecule has 3 nitrogen and oxygen atoms in total. The molecule has 1 N–H and O–H groups in total. The summed E-state index contributed by atoms with van der Waals surface area (Å²) in [5, 5.41) is 3.77. The summed E-state index contributed by atoms with van der Waals surface area (Å²) in [6, 6.07) is 4.85. The van der Waals surface area contributed by atoms with Gasteiger partial charge in [-0.1, -0.05) is 13.8 Å². The Morgan fingerprint density at radius 1 is 1.33 bits per heavy atom. The zero-order chi connectivity index (χ0) is 15.2. The Hall–Kier alpha value is -0.800. The average Bonchev–Trinajstić information content (AvgIpc) is 2.83. The van der Waals surface area contributed by atoms with Crippen molar-refractivity contribution in [3.05, 3.63) is 23.7 Å². The van der Waals surface area contributed by atoms with E-state index in [0.717, 1.165) is 43.0 Å². The van der Waals surface area contributed by atoms with Crippen molar-refractivity contribution in [3.8, 4) is 0 Å². The zero-order valence-electron chi connectivity index (χ0n) is 14.2. The molecule has 120 valence electrons. The third-order valence-corrected chi connectivity index (χ3v) is 4.67. The van der Waals surface area contributed by atoms with Crippen LogP contribution < -0.4 is 5.32 Å². The van der Waals surface area contributed by atoms with Crippen LogP contribution in [0.4, 0.5) is 0 Å². The van der Waals surface area contributed by atoms with Gasteiger partial charge in [0, 0.05) is 12.6 Å². The van der Waals surface area contributed by atoms with Gasteiger partial charge < -0.3 is 9.73 Å². The lowest BCUT2D eigenvalue weighted by Gasteiger charge is -2.37. The van der Waals surface area contributed by atoms with Crippen molar-refractivity contribution >= 4 is 0 Å². The van der Waals surface area contributed by atoms with E-state index in [0.29, 0.717) is 6.04 Å². The third kappa shape index (κ3) is 5.15. The summed E-state index contributed by atoms with van der Waals surface area (Å²) < 4.78 is 5.70. The second-order valence-electron chi connectivity index (χ2n) is 6.95. The van der Waals surface area contributed by atoms with Gasteiger partial charge in [-0.3, -0.25) is 4.90 Å². The predicted octanol–water partition coefficient (Wildman–Crippen LogP) is 3.82. The molecule has 1 aromatic heterocycles. The normalized spacial score (nSPS) is 26.4. The number of hydrogen-bond acceptors (Lipinski definition) is 3. The van der Waals surface area contributed by atoms with Crippen molar-refractivity contribution in [2.45, 2.75) is 59.0 Å². The Balaban J connectivity index is 1.87. The molecule has 1 aliphatic carbocycles. The zero-order valence-corrected chi connectivity index (χ0v) is 14.2. The van der Waals surface area contributed by atoms with Crippen molar-refractivity contribution in [1.29, 1.82) is 0 Å². The molecular formula is C18H32N2O. The quantitative estimate of drug-likeness (QED) is 0.828. The molecule has 2 rings (SSSR count). The van der Waals surface area contributed by atoms with E-state index in [4.69, 9.17) is 4.42 Å². The highest BCUT2D eigenvalue weighted by Crippen LogP contribution is 2.30. The Morgan fingerprint density at radius 3 is 2.81 bits per heavy atom. The van der Waals surface area contributed by atoms with Gasteiger partial charge in [-0.05, 0) is 70.2 Å². The largest absolute Gasteiger partial charge is 0.465 e. The van der Waals surface area contributed by atoms with Gasteiger partial charge in [0.15, 0.2) is 0 Å². The molecule has 0 spiro atoms. The third-order valence-electron chi connectivity index (χ3n) is 4.67. The van der Waals surface area contributed by atoms with Crippen molar-refractivity contribution in [3.63, 3.8) is 0 Å². The smallest absolute Gasteiger partial charge is 0.118 e. The molecule has 0 bridgehead atoms. The average molecular weight is 292 g/mol. The SMILES string of the molecule is CCCNC1CCC(C)CC1CN(C)Cc1ccc(C)o1. The fourth-order valence-corrected chi connectivity index (χ4v) is 3.60. The van der Waals surface area contributed by atoms with E-state index in [1.807, 2.05) is 6.92 Å². The van der Waals surface area contributed by atoms with Crippen LogP contribution in [0.1, 0.15) is 51.1 Å². The lowest BCUT2D eigenvalue weighted by Crippen LogP contribution is -2.45. The molecule has 3 atom stereocenters. The van der Waals surface area contributed by atoms with E-state index in [1.165, 1.54) is 25.7 Å². The van der Waals surface area contributed by atoms with Gasteiger partial charge in [0.1, 0.15) is 11.5 Å². The number of rotatable bonds is 7. The molecular weight excluding hydrogens is 260 g/mol. The summed E-state index contributed by atoms with van der Waals surface area (Å²) in [7, 11) is 2.22. The van der Waals surface area contributed by atoms with Crippen LogP contribution in [0.15, 0.2) is 16.5 Å². The number of furan rings is 1. The second-order valence-corrected chi connectivity index (χ2v) is 6.95. The van der Waals surface area contributed by atoms with E-state index in [9.17, 15) is 0 Å². The molecule has 0 saturated heterocycles. The minimum Gasteiger partial charge on any atom is -0.465 e. The van der Waals surface area contributed by atoms with Crippen LogP contribution in [0.3, 0.4) is 0 Å². The highest BCUT2D eigenvalue weighted by molar-refractivity contribution is 5.05. The Morgan fingerprint density at radius 2 is 2.14 bits per heavy atom. The molecule has 1 aliphatic rings. The Bertz CT molecular complexity index is 413. The Kier molecular flexibility index (Phi) is 6.31. The van der Waals surface area contributed by atoms with E-state index < -0.39 is 0 Å². The molecule has 0 aliphatic heterocycles. The first-order valence-corrected chi connectivity index (χ1v) is 8.55. The maximum absolute atomic E-state index is 5.70. The summed E-state index contributed by atoms with van der Waals surface area (Å²) in [6.45, 7) is 9.89. The second kappa shape index (κ2) is 8.00. The van der Waals surface area contributed by atoms with Gasteiger partial charge in [-0.15, -0.1) is 0 Å². The molecule has 0 radical (unpaired) electrons. The van der Waals surface area contributed by atoms with Crippen LogP contribution in [-0.2, 0) is 6.54 Å². The number of nitrogens with zero attached hydrogens (tertiary/aromatic N) is 1. The van der Waals surface area contributed by atoms with Crippen LogP contribution in [0.2, 0.25) is 0 Å². The molecule has 0 amide bonds. The maximum Gasteiger partial charge on any atom is 0.118 e. The summed E-state index contributed by atoms with van der Waals surface area (Å²) in [5.74, 6) is 3.72. The number of hydrogen-bond donors (Lipinski definition) is 1. The molecule has 1 fully saturated rings. The fourth-order valence-electron chi connectivity index (χ4n) is 3.60. The lowest BCUT2D eigenvalue weighted by molar-refractivity contribution is 0.152. The number of aryl methyl sites for hydroxylation is 1. The van der Waals surface area contributed by atoms with Gasteiger partial charge >= 0.3 is 0 Å². The van der Waals surface area contributed by atoms with E-state index in [-0.39, 0.29) is 0 Å². The minimum absolute atomic E-state index is 0.696. The van der Waals surface area contributed by atoms with Crippen molar-refractivity contribution < 1.29 is 4.42 Å². The summed E-state index contributed by atoms with van der Waals surface area (Å²) in [6.07, 6.45) is 5.28. The van der Waals surface area contributed by atoms with Gasteiger partial charge in [0.2, 0.25) is 0 Å². The molecule has 21 heavy (non-hydrogen) atoms. The highest BCUT2D eigenvalue weighted by Gasteiger charge is 2.29. The first kappa shape index (κ1) is 16.6. The summed E-state index contributed by atoms with van der Waals surface area (Å²) >= 11 is 0. The lowest BCUT2D eigenvalue weighted by atomic mass is 9.78. The van der Waals surface area contributed by atoms with Crippen LogP contribution in [0, 0.1) is 18.8 Å². The van der Waals surface area contributed by atoms with Crippen molar-refractivity contribution in [2.75, 3.05) is 20.1 Å². The molecule has 1 aromatic rings. The van der Waals surface area contributed by atoms with Crippen LogP contribution in [0.25, 0.3) is 0 Å². The molecule has 0 aromatic carbocycles. The summed E-state index contributed by atoms with van der Waals surface area (Å²) in [4.78, 5) is 2.42. The van der Waals surface area contributed by atoms with Crippen molar-refractivity contribution in [1.82, 2.24) is 10.2 Å². The number of nitrogens with one attached hydrogen (secondary N) is 1. The van der Waals surface area contributed by atoms with Crippen LogP contribution in [-0.4, -0.2) is 31.1 Å². The fraction of sp³-hybridized carbons (Fsp3) is 0.778. The molecule has 1 heterocycles. The van der Waals surface area contributed by atoms with Crippen LogP contribution >= 0.6 is 0 Å². The molecule has 3 heteroatoms.